The van der Waals surface area contributed by atoms with Crippen LogP contribution >= 0.6 is 0 Å². The predicted molar refractivity (Wildman–Crippen MR) is 144 cm³/mol. The van der Waals surface area contributed by atoms with Crippen LogP contribution in [-0.2, 0) is 6.54 Å². The van der Waals surface area contributed by atoms with E-state index in [9.17, 15) is 20.1 Å². The Balaban J connectivity index is 1.94. The number of benzene rings is 3. The molecule has 1 aromatic heterocycles. The van der Waals surface area contributed by atoms with Crippen LogP contribution in [0.25, 0.3) is 32.6 Å². The molecule has 0 radical (unpaired) electrons. The standard InChI is InChI=1S/C27H37N5O4/c1-5-30(6-2)14-13-28-18-9-10-19-23-22(18)27(36)25-21(35)12-11-20(34)24(25)26(23)29-32(19)16-17(33)15-31(7-3)8-4/h9-12,17,29,33,35-36H,5-8,13-16H2,1-4H3. The first-order valence-electron chi connectivity index (χ1n) is 12.8. The van der Waals surface area contributed by atoms with Crippen LogP contribution in [0.4, 0.5) is 0 Å². The summed E-state index contributed by atoms with van der Waals surface area (Å²) in [5.74, 6) is -0.323. The number of aromatic hydroxyl groups is 2. The maximum absolute atomic E-state index is 12.9. The molecule has 9 heteroatoms. The third-order valence-corrected chi connectivity index (χ3v) is 7.17. The minimum Gasteiger partial charge on any atom is -0.507 e. The molecule has 0 fully saturated rings. The second kappa shape index (κ2) is 10.9. The Labute approximate surface area is 210 Å². The summed E-state index contributed by atoms with van der Waals surface area (Å²) in [5.41, 5.74) is 0.966. The normalized spacial score (nSPS) is 13.8. The maximum Gasteiger partial charge on any atom is 0.189 e. The van der Waals surface area contributed by atoms with Gasteiger partial charge in [-0.3, -0.25) is 19.6 Å². The third kappa shape index (κ3) is 4.66. The molecule has 0 saturated heterocycles. The number of hydrogen-bond acceptors (Lipinski definition) is 7. The van der Waals surface area contributed by atoms with E-state index in [2.05, 4.69) is 42.6 Å². The molecule has 0 saturated carbocycles. The zero-order valence-corrected chi connectivity index (χ0v) is 21.6. The Morgan fingerprint density at radius 1 is 0.917 bits per heavy atom. The van der Waals surface area contributed by atoms with Crippen molar-refractivity contribution in [2.45, 2.75) is 40.3 Å². The van der Waals surface area contributed by atoms with Gasteiger partial charge in [-0.15, -0.1) is 0 Å². The van der Waals surface area contributed by atoms with Crippen LogP contribution in [0.5, 0.6) is 11.5 Å². The van der Waals surface area contributed by atoms with Crippen LogP contribution in [0, 0.1) is 0 Å². The number of phenolic OH excluding ortho intramolecular Hbond substituents is 2. The molecule has 36 heavy (non-hydrogen) atoms. The Bertz CT molecular complexity index is 1470. The fourth-order valence-corrected chi connectivity index (χ4v) is 5.09. The summed E-state index contributed by atoms with van der Waals surface area (Å²) >= 11 is 0. The van der Waals surface area contributed by atoms with Crippen molar-refractivity contribution in [1.82, 2.24) is 19.6 Å². The summed E-state index contributed by atoms with van der Waals surface area (Å²) < 4.78 is 1.81. The van der Waals surface area contributed by atoms with Crippen molar-refractivity contribution in [3.05, 3.63) is 39.8 Å². The van der Waals surface area contributed by atoms with E-state index in [-0.39, 0.29) is 34.2 Å². The molecule has 0 bridgehead atoms. The number of hydrogen-bond donors (Lipinski definition) is 4. The zero-order chi connectivity index (χ0) is 26.0. The topological polar surface area (TPSA) is 117 Å². The van der Waals surface area contributed by atoms with Crippen LogP contribution in [-0.4, -0.2) is 86.8 Å². The van der Waals surface area contributed by atoms with Gasteiger partial charge in [0.15, 0.2) is 5.43 Å². The number of phenols is 2. The van der Waals surface area contributed by atoms with Crippen molar-refractivity contribution in [2.24, 2.45) is 4.99 Å². The number of nitrogens with zero attached hydrogens (tertiary/aromatic N) is 4. The van der Waals surface area contributed by atoms with Gasteiger partial charge in [0.1, 0.15) is 11.5 Å². The molecule has 9 nitrogen and oxygen atoms in total. The number of H-pyrrole nitrogens is 1. The van der Waals surface area contributed by atoms with Gasteiger partial charge in [-0.1, -0.05) is 27.7 Å². The minimum absolute atomic E-state index is 0.111. The number of aromatic nitrogens is 2. The van der Waals surface area contributed by atoms with E-state index in [4.69, 9.17) is 4.99 Å². The van der Waals surface area contributed by atoms with Gasteiger partial charge in [0.25, 0.3) is 0 Å². The number of likely N-dealkylation sites (N-methyl/N-ethyl adjacent to an activating group) is 2. The van der Waals surface area contributed by atoms with E-state index in [0.29, 0.717) is 34.7 Å². The molecule has 0 aliphatic heterocycles. The summed E-state index contributed by atoms with van der Waals surface area (Å²) in [6.45, 7) is 14.0. The Morgan fingerprint density at radius 2 is 1.61 bits per heavy atom. The minimum atomic E-state index is -0.639. The fraction of sp³-hybridized carbons (Fsp3) is 0.481. The van der Waals surface area contributed by atoms with Crippen molar-refractivity contribution in [2.75, 3.05) is 45.8 Å². The second-order valence-electron chi connectivity index (χ2n) is 9.18. The number of nitrogens with one attached hydrogen (secondary N) is 1. The van der Waals surface area contributed by atoms with E-state index in [1.165, 1.54) is 12.1 Å². The highest BCUT2D eigenvalue weighted by Crippen LogP contribution is 2.41. The van der Waals surface area contributed by atoms with Crippen LogP contribution in [0.15, 0.2) is 34.1 Å². The lowest BCUT2D eigenvalue weighted by atomic mass is 9.99. The maximum atomic E-state index is 12.9. The quantitative estimate of drug-likeness (QED) is 0.238. The number of aliphatic hydroxyl groups is 1. The molecule has 1 unspecified atom stereocenters. The van der Waals surface area contributed by atoms with Gasteiger partial charge < -0.3 is 25.1 Å². The fourth-order valence-electron chi connectivity index (χ4n) is 5.09. The van der Waals surface area contributed by atoms with Gasteiger partial charge in [0, 0.05) is 18.5 Å². The summed E-state index contributed by atoms with van der Waals surface area (Å²) in [4.78, 5) is 22.1. The first-order chi connectivity index (χ1) is 17.3. The molecule has 4 rings (SSSR count). The Hall–Kier alpha value is -3.14. The lowest BCUT2D eigenvalue weighted by Gasteiger charge is -2.22. The molecule has 194 valence electrons. The number of aliphatic hydroxyl groups excluding tert-OH is 1. The summed E-state index contributed by atoms with van der Waals surface area (Å²) in [5, 5.41) is 38.2. The van der Waals surface area contributed by atoms with Gasteiger partial charge in [-0.2, -0.15) is 0 Å². The first-order valence-corrected chi connectivity index (χ1v) is 12.8. The molecule has 4 N–H and O–H groups in total. The molecule has 0 aliphatic rings. The summed E-state index contributed by atoms with van der Waals surface area (Å²) in [7, 11) is 0. The van der Waals surface area contributed by atoms with E-state index >= 15 is 0 Å². The van der Waals surface area contributed by atoms with Crippen molar-refractivity contribution < 1.29 is 15.3 Å². The molecule has 0 amide bonds. The number of fused-ring (bicyclic) bond motifs is 2. The van der Waals surface area contributed by atoms with Crippen molar-refractivity contribution >= 4 is 32.6 Å². The van der Waals surface area contributed by atoms with Gasteiger partial charge in [0.05, 0.1) is 51.7 Å². The van der Waals surface area contributed by atoms with Crippen molar-refractivity contribution in [3.63, 3.8) is 0 Å². The van der Waals surface area contributed by atoms with Gasteiger partial charge in [0.2, 0.25) is 0 Å². The van der Waals surface area contributed by atoms with Gasteiger partial charge >= 0.3 is 0 Å². The van der Waals surface area contributed by atoms with Gasteiger partial charge in [-0.05, 0) is 50.4 Å². The summed E-state index contributed by atoms with van der Waals surface area (Å²) in [6.07, 6.45) is -0.639. The molecular weight excluding hydrogens is 458 g/mol. The number of aromatic amines is 1. The first kappa shape index (κ1) is 25.9. The Kier molecular flexibility index (Phi) is 7.82. The van der Waals surface area contributed by atoms with Crippen molar-refractivity contribution in [3.8, 4) is 11.5 Å². The monoisotopic (exact) mass is 495 g/mol. The molecule has 4 aromatic rings. The van der Waals surface area contributed by atoms with Crippen LogP contribution in [0.3, 0.4) is 0 Å². The van der Waals surface area contributed by atoms with E-state index in [1.807, 2.05) is 16.8 Å². The highest BCUT2D eigenvalue weighted by Gasteiger charge is 2.23. The summed E-state index contributed by atoms with van der Waals surface area (Å²) in [6, 6.07) is 6.37. The highest BCUT2D eigenvalue weighted by molar-refractivity contribution is 6.23. The predicted octanol–water partition coefficient (Wildman–Crippen LogP) is 2.43. The lowest BCUT2D eigenvalue weighted by molar-refractivity contribution is 0.101. The van der Waals surface area contributed by atoms with Crippen LogP contribution in [0.1, 0.15) is 27.7 Å². The average molecular weight is 496 g/mol. The SMILES string of the molecule is CCN(CC)CCN=c1ccc2c3c1c(O)c1c(O)ccc(=O)c1c3[nH]n2CC(O)CN(CC)CC. The number of rotatable bonds is 11. The van der Waals surface area contributed by atoms with Crippen LogP contribution < -0.4 is 10.8 Å². The molecule has 1 atom stereocenters. The third-order valence-electron chi connectivity index (χ3n) is 7.17. The van der Waals surface area contributed by atoms with E-state index < -0.39 is 6.10 Å². The molecule has 1 heterocycles. The molecule has 0 spiro atoms. The van der Waals surface area contributed by atoms with E-state index in [0.717, 1.165) is 38.2 Å². The second-order valence-corrected chi connectivity index (χ2v) is 9.18. The van der Waals surface area contributed by atoms with E-state index in [1.54, 1.807) is 0 Å². The molecular formula is C27H37N5O4. The Morgan fingerprint density at radius 3 is 2.28 bits per heavy atom. The van der Waals surface area contributed by atoms with Crippen LogP contribution in [0.2, 0.25) is 0 Å². The molecule has 3 aromatic carbocycles. The van der Waals surface area contributed by atoms with Crippen molar-refractivity contribution in [1.29, 1.82) is 0 Å². The average Bonchev–Trinajstić information content (AvgIpc) is 3.23. The highest BCUT2D eigenvalue weighted by atomic mass is 16.3. The smallest absolute Gasteiger partial charge is 0.189 e. The zero-order valence-electron chi connectivity index (χ0n) is 21.6. The lowest BCUT2D eigenvalue weighted by Crippen LogP contribution is -2.34. The largest absolute Gasteiger partial charge is 0.507 e. The molecule has 0 aliphatic carbocycles. The van der Waals surface area contributed by atoms with Gasteiger partial charge in [-0.25, -0.2) is 0 Å².